The Bertz CT molecular complexity index is 1130. The Morgan fingerprint density at radius 1 is 1.16 bits per heavy atom. The molecule has 1 amide bonds. The fraction of sp³-hybridized carbons (Fsp3) is 0.136. The molecule has 0 bridgehead atoms. The molecule has 158 valence electrons. The molecule has 31 heavy (non-hydrogen) atoms. The summed E-state index contributed by atoms with van der Waals surface area (Å²) in [6.45, 7) is 0. The number of nitrogens with zero attached hydrogens (tertiary/aromatic N) is 2. The summed E-state index contributed by atoms with van der Waals surface area (Å²) in [5.41, 5.74) is 1.75. The summed E-state index contributed by atoms with van der Waals surface area (Å²) < 4.78 is 10.8. The lowest BCUT2D eigenvalue weighted by Gasteiger charge is -2.18. The molecule has 9 heteroatoms. The van der Waals surface area contributed by atoms with E-state index < -0.39 is 0 Å². The molecule has 0 aliphatic rings. The van der Waals surface area contributed by atoms with E-state index in [0.717, 1.165) is 21.8 Å². The molecule has 0 radical (unpaired) electrons. The average Bonchev–Trinajstić information content (AvgIpc) is 3.49. The Kier molecular flexibility index (Phi) is 6.91. The van der Waals surface area contributed by atoms with Crippen molar-refractivity contribution in [3.63, 3.8) is 0 Å². The van der Waals surface area contributed by atoms with E-state index in [2.05, 4.69) is 15.5 Å². The maximum absolute atomic E-state index is 12.7. The van der Waals surface area contributed by atoms with Gasteiger partial charge in [-0.1, -0.05) is 41.6 Å². The smallest absolute Gasteiger partial charge is 0.277 e. The summed E-state index contributed by atoms with van der Waals surface area (Å²) in [5, 5.41) is 14.1. The van der Waals surface area contributed by atoms with E-state index in [-0.39, 0.29) is 17.7 Å². The predicted octanol–water partition coefficient (Wildman–Crippen LogP) is 5.46. The van der Waals surface area contributed by atoms with Gasteiger partial charge in [0.05, 0.1) is 18.9 Å². The lowest BCUT2D eigenvalue weighted by Crippen LogP contribution is -2.30. The normalized spacial score (nSPS) is 11.8. The molecule has 1 atom stereocenters. The highest BCUT2D eigenvalue weighted by atomic mass is 35.5. The Morgan fingerprint density at radius 3 is 2.61 bits per heavy atom. The van der Waals surface area contributed by atoms with Gasteiger partial charge in [0.1, 0.15) is 5.75 Å². The van der Waals surface area contributed by atoms with Gasteiger partial charge in [0.2, 0.25) is 11.8 Å². The maximum Gasteiger partial charge on any atom is 0.277 e. The second-order valence-electron chi connectivity index (χ2n) is 6.46. The first-order valence-electron chi connectivity index (χ1n) is 9.31. The fourth-order valence-corrected chi connectivity index (χ4v) is 4.38. The number of rotatable bonds is 8. The quantitative estimate of drug-likeness (QED) is 0.344. The average molecular weight is 472 g/mol. The second-order valence-corrected chi connectivity index (χ2v) is 8.80. The molecule has 2 aromatic heterocycles. The molecule has 6 nitrogen and oxygen atoms in total. The zero-order chi connectivity index (χ0) is 21.6. The zero-order valence-electron chi connectivity index (χ0n) is 16.4. The van der Waals surface area contributed by atoms with Crippen molar-refractivity contribution in [1.82, 2.24) is 15.5 Å². The first-order valence-corrected chi connectivity index (χ1v) is 11.6. The molecular formula is C22H18ClN3O3S2. The lowest BCUT2D eigenvalue weighted by atomic mass is 10.1. The largest absolute Gasteiger partial charge is 0.497 e. The molecule has 0 saturated heterocycles. The number of thiophene rings is 1. The van der Waals surface area contributed by atoms with Crippen LogP contribution >= 0.6 is 34.7 Å². The van der Waals surface area contributed by atoms with Crippen molar-refractivity contribution >= 4 is 40.6 Å². The molecule has 0 spiro atoms. The number of ether oxygens (including phenoxy) is 1. The monoisotopic (exact) mass is 471 g/mol. The second kappa shape index (κ2) is 10.00. The summed E-state index contributed by atoms with van der Waals surface area (Å²) >= 11 is 8.79. The van der Waals surface area contributed by atoms with Crippen LogP contribution in [0.4, 0.5) is 0 Å². The summed E-state index contributed by atoms with van der Waals surface area (Å²) in [5.74, 6) is 1.15. The molecule has 2 heterocycles. The number of amides is 1. The van der Waals surface area contributed by atoms with Crippen LogP contribution in [0.1, 0.15) is 16.5 Å². The highest BCUT2D eigenvalue weighted by Crippen LogP contribution is 2.28. The number of methoxy groups -OCH3 is 1. The van der Waals surface area contributed by atoms with Gasteiger partial charge in [0.25, 0.3) is 5.22 Å². The van der Waals surface area contributed by atoms with Crippen molar-refractivity contribution in [2.45, 2.75) is 11.3 Å². The minimum Gasteiger partial charge on any atom is -0.497 e. The molecular weight excluding hydrogens is 454 g/mol. The van der Waals surface area contributed by atoms with Crippen LogP contribution in [0, 0.1) is 0 Å². The van der Waals surface area contributed by atoms with Crippen molar-refractivity contribution in [3.05, 3.63) is 81.5 Å². The first kappa shape index (κ1) is 21.4. The van der Waals surface area contributed by atoms with E-state index in [1.54, 1.807) is 18.4 Å². The van der Waals surface area contributed by atoms with Crippen LogP contribution in [-0.2, 0) is 4.79 Å². The lowest BCUT2D eigenvalue weighted by molar-refractivity contribution is -0.119. The SMILES string of the molecule is COc1ccc(-c2nnc(SCC(=O)NC(c3ccc(Cl)cc3)c3cccs3)o2)cc1. The molecule has 0 fully saturated rings. The molecule has 4 rings (SSSR count). The Hall–Kier alpha value is -2.81. The molecule has 1 unspecified atom stereocenters. The van der Waals surface area contributed by atoms with Gasteiger partial charge < -0.3 is 14.5 Å². The summed E-state index contributed by atoms with van der Waals surface area (Å²) in [6, 6.07) is 18.5. The van der Waals surface area contributed by atoms with E-state index in [9.17, 15) is 4.79 Å². The van der Waals surface area contributed by atoms with E-state index in [1.807, 2.05) is 66.0 Å². The number of benzene rings is 2. The number of hydrogen-bond donors (Lipinski definition) is 1. The Balaban J connectivity index is 1.39. The molecule has 0 saturated carbocycles. The van der Waals surface area contributed by atoms with Gasteiger partial charge in [0.15, 0.2) is 0 Å². The third-order valence-corrected chi connectivity index (χ3v) is 6.41. The standard InChI is InChI=1S/C22H18ClN3O3S2/c1-28-17-10-6-15(7-11-17)21-25-26-22(29-21)31-13-19(27)24-20(18-3-2-12-30-18)14-4-8-16(23)9-5-14/h2-12,20H,13H2,1H3,(H,24,27). The van der Waals surface area contributed by atoms with Crippen molar-refractivity contribution in [2.75, 3.05) is 12.9 Å². The first-order chi connectivity index (χ1) is 15.1. The van der Waals surface area contributed by atoms with E-state index in [4.69, 9.17) is 20.8 Å². The van der Waals surface area contributed by atoms with Crippen molar-refractivity contribution in [1.29, 1.82) is 0 Å². The summed E-state index contributed by atoms with van der Waals surface area (Å²) in [7, 11) is 1.61. The highest BCUT2D eigenvalue weighted by Gasteiger charge is 2.19. The van der Waals surface area contributed by atoms with Gasteiger partial charge in [-0.2, -0.15) is 0 Å². The van der Waals surface area contributed by atoms with Crippen molar-refractivity contribution < 1.29 is 13.9 Å². The summed E-state index contributed by atoms with van der Waals surface area (Å²) in [4.78, 5) is 13.7. The number of aromatic nitrogens is 2. The number of hydrogen-bond acceptors (Lipinski definition) is 7. The van der Waals surface area contributed by atoms with Gasteiger partial charge >= 0.3 is 0 Å². The van der Waals surface area contributed by atoms with Crippen LogP contribution < -0.4 is 10.1 Å². The molecule has 0 aliphatic carbocycles. The minimum atomic E-state index is -0.247. The number of nitrogens with one attached hydrogen (secondary N) is 1. The molecule has 2 aromatic carbocycles. The molecule has 0 aliphatic heterocycles. The number of carbonyl (C=O) groups excluding carboxylic acids is 1. The minimum absolute atomic E-state index is 0.137. The van der Waals surface area contributed by atoms with Crippen molar-refractivity contribution in [2.24, 2.45) is 0 Å². The highest BCUT2D eigenvalue weighted by molar-refractivity contribution is 7.99. The van der Waals surface area contributed by atoms with Gasteiger partial charge in [-0.05, 0) is 53.4 Å². The van der Waals surface area contributed by atoms with Crippen LogP contribution in [0.15, 0.2) is 75.7 Å². The Labute approximate surface area is 192 Å². The van der Waals surface area contributed by atoms with Gasteiger partial charge in [0, 0.05) is 15.5 Å². The number of carbonyl (C=O) groups is 1. The van der Waals surface area contributed by atoms with E-state index in [0.29, 0.717) is 16.1 Å². The van der Waals surface area contributed by atoms with Gasteiger partial charge in [-0.25, -0.2) is 0 Å². The van der Waals surface area contributed by atoms with Crippen LogP contribution in [0.25, 0.3) is 11.5 Å². The zero-order valence-corrected chi connectivity index (χ0v) is 18.8. The topological polar surface area (TPSA) is 77.2 Å². The van der Waals surface area contributed by atoms with Crippen LogP contribution in [0.2, 0.25) is 5.02 Å². The van der Waals surface area contributed by atoms with E-state index in [1.165, 1.54) is 11.8 Å². The third-order valence-electron chi connectivity index (χ3n) is 4.41. The summed E-state index contributed by atoms with van der Waals surface area (Å²) in [6.07, 6.45) is 0. The van der Waals surface area contributed by atoms with Gasteiger partial charge in [-0.3, -0.25) is 4.79 Å². The Morgan fingerprint density at radius 2 is 1.94 bits per heavy atom. The van der Waals surface area contributed by atoms with E-state index >= 15 is 0 Å². The maximum atomic E-state index is 12.7. The molecule has 1 N–H and O–H groups in total. The van der Waals surface area contributed by atoms with Crippen LogP contribution in [0.5, 0.6) is 5.75 Å². The number of halogens is 1. The van der Waals surface area contributed by atoms with Crippen LogP contribution in [0.3, 0.4) is 0 Å². The van der Waals surface area contributed by atoms with Crippen molar-refractivity contribution in [3.8, 4) is 17.2 Å². The predicted molar refractivity (Wildman–Crippen MR) is 123 cm³/mol. The van der Waals surface area contributed by atoms with Crippen LogP contribution in [-0.4, -0.2) is 29.0 Å². The fourth-order valence-electron chi connectivity index (χ4n) is 2.88. The molecule has 4 aromatic rings. The van der Waals surface area contributed by atoms with Gasteiger partial charge in [-0.15, -0.1) is 21.5 Å². The number of thioether (sulfide) groups is 1. The third kappa shape index (κ3) is 5.46.